The SMILES string of the molecule is CC(C)(O)/C=C/C[C@](C)(O)[C@H]1C(=O)C[C@]2(CO[C@@H]3O[C@@H](CO[C@@H]4OC[C@H](O)[C@H](O)[C@H]4O)[C@@H](O)[C@@H](O)[C@H]3O)[C@@H]1CC[C@H]1[C@@]3(C)CC[C@H](O[C@@H]4OC[C@@H](O)[C@H](O)[C@@H]4O)C(C)(C)[C@H]3CC[C@]12C. The molecule has 18 nitrogen and oxygen atoms in total. The molecule has 0 radical (unpaired) electrons. The second kappa shape index (κ2) is 18.2. The van der Waals surface area contributed by atoms with Gasteiger partial charge in [-0.05, 0) is 99.7 Å². The zero-order valence-corrected chi connectivity index (χ0v) is 38.3. The van der Waals surface area contributed by atoms with Crippen molar-refractivity contribution in [1.82, 2.24) is 0 Å². The quantitative estimate of drug-likeness (QED) is 0.0861. The van der Waals surface area contributed by atoms with Gasteiger partial charge in [0.15, 0.2) is 18.9 Å². The fourth-order valence-corrected chi connectivity index (χ4v) is 13.9. The predicted molar refractivity (Wildman–Crippen MR) is 223 cm³/mol. The van der Waals surface area contributed by atoms with Crippen molar-refractivity contribution in [3.8, 4) is 0 Å². The summed E-state index contributed by atoms with van der Waals surface area (Å²) in [4.78, 5) is 14.7. The second-order valence-electron chi connectivity index (χ2n) is 22.3. The monoisotopic (exact) mass is 917 g/mol. The summed E-state index contributed by atoms with van der Waals surface area (Å²) < 4.78 is 35.8. The number of rotatable bonds is 12. The van der Waals surface area contributed by atoms with Crippen molar-refractivity contribution in [2.75, 3.05) is 26.4 Å². The first-order valence-electron chi connectivity index (χ1n) is 23.3. The Bertz CT molecular complexity index is 1670. The third-order valence-electron chi connectivity index (χ3n) is 17.4. The van der Waals surface area contributed by atoms with Crippen molar-refractivity contribution >= 4 is 5.78 Å². The van der Waals surface area contributed by atoms with Crippen LogP contribution >= 0.6 is 0 Å². The van der Waals surface area contributed by atoms with Crippen molar-refractivity contribution in [2.45, 2.75) is 197 Å². The largest absolute Gasteiger partial charge is 0.389 e. The molecule has 4 aliphatic carbocycles. The van der Waals surface area contributed by atoms with Crippen LogP contribution in [0.4, 0.5) is 0 Å². The highest BCUT2D eigenvalue weighted by Gasteiger charge is 2.73. The molecule has 0 spiro atoms. The zero-order chi connectivity index (χ0) is 47.1. The highest BCUT2D eigenvalue weighted by molar-refractivity contribution is 5.86. The van der Waals surface area contributed by atoms with E-state index in [9.17, 15) is 61.0 Å². The molecule has 3 heterocycles. The maximum atomic E-state index is 14.7. The Hall–Kier alpha value is -1.27. The highest BCUT2D eigenvalue weighted by Crippen LogP contribution is 2.75. The number of ketones is 1. The van der Waals surface area contributed by atoms with Crippen LogP contribution in [0.15, 0.2) is 12.2 Å². The molecule has 0 unspecified atom stereocenters. The molecule has 22 atom stereocenters. The van der Waals surface area contributed by atoms with Gasteiger partial charge in [0.2, 0.25) is 0 Å². The number of aliphatic hydroxyl groups excluding tert-OH is 9. The Kier molecular flexibility index (Phi) is 14.4. The average molecular weight is 917 g/mol. The third-order valence-corrected chi connectivity index (χ3v) is 17.4. The van der Waals surface area contributed by atoms with E-state index < -0.39 is 120 Å². The van der Waals surface area contributed by atoms with E-state index >= 15 is 0 Å². The normalized spacial score (nSPS) is 50.7. The Labute approximate surface area is 375 Å². The molecule has 4 saturated carbocycles. The molecule has 3 saturated heterocycles. The highest BCUT2D eigenvalue weighted by atomic mass is 16.7. The lowest BCUT2D eigenvalue weighted by Crippen LogP contribution is -2.67. The van der Waals surface area contributed by atoms with Gasteiger partial charge in [0.25, 0.3) is 0 Å². The fourth-order valence-electron chi connectivity index (χ4n) is 13.9. The van der Waals surface area contributed by atoms with Crippen LogP contribution in [0.25, 0.3) is 0 Å². The Balaban J connectivity index is 1.17. The van der Waals surface area contributed by atoms with E-state index in [2.05, 4.69) is 27.7 Å². The van der Waals surface area contributed by atoms with E-state index in [1.807, 2.05) is 0 Å². The molecule has 0 amide bonds. The van der Waals surface area contributed by atoms with Gasteiger partial charge >= 0.3 is 0 Å². The Morgan fingerprint density at radius 3 is 1.95 bits per heavy atom. The number of fused-ring (bicyclic) bond motifs is 5. The molecule has 0 aromatic heterocycles. The van der Waals surface area contributed by atoms with Gasteiger partial charge in [-0.2, -0.15) is 0 Å². The number of Topliss-reactive ketones (excluding diaryl/α,β-unsaturated/α-hetero) is 1. The van der Waals surface area contributed by atoms with Crippen molar-refractivity contribution < 1.29 is 89.4 Å². The molecule has 7 rings (SSSR count). The smallest absolute Gasteiger partial charge is 0.186 e. The molecule has 0 bridgehead atoms. The van der Waals surface area contributed by atoms with E-state index in [1.54, 1.807) is 32.9 Å². The van der Waals surface area contributed by atoms with Gasteiger partial charge in [-0.15, -0.1) is 0 Å². The molecule has 7 aliphatic rings. The molecular formula is C46H76O18. The summed E-state index contributed by atoms with van der Waals surface area (Å²) in [5.41, 5.74) is -4.83. The number of aliphatic hydroxyl groups is 11. The lowest BCUT2D eigenvalue weighted by Gasteiger charge is -2.70. The van der Waals surface area contributed by atoms with Crippen molar-refractivity contribution in [3.63, 3.8) is 0 Å². The molecule has 64 heavy (non-hydrogen) atoms. The number of hydrogen-bond acceptors (Lipinski definition) is 18. The topological polar surface area (TPSA) is 295 Å². The first kappa shape index (κ1) is 50.6. The predicted octanol–water partition coefficient (Wildman–Crippen LogP) is -0.597. The van der Waals surface area contributed by atoms with Gasteiger partial charge in [0.05, 0.1) is 43.7 Å². The van der Waals surface area contributed by atoms with Crippen LogP contribution < -0.4 is 0 Å². The first-order chi connectivity index (χ1) is 29.7. The summed E-state index contributed by atoms with van der Waals surface area (Å²) in [7, 11) is 0. The third kappa shape index (κ3) is 8.82. The summed E-state index contributed by atoms with van der Waals surface area (Å²) in [5, 5.41) is 118. The molecule has 0 aromatic rings. The van der Waals surface area contributed by atoms with E-state index in [-0.39, 0.29) is 67.7 Å². The first-order valence-corrected chi connectivity index (χ1v) is 23.3. The van der Waals surface area contributed by atoms with Crippen LogP contribution in [-0.2, 0) is 33.2 Å². The number of hydrogen-bond donors (Lipinski definition) is 11. The zero-order valence-electron chi connectivity index (χ0n) is 38.3. The van der Waals surface area contributed by atoms with Crippen LogP contribution in [0.5, 0.6) is 0 Å². The van der Waals surface area contributed by atoms with Crippen LogP contribution in [0.3, 0.4) is 0 Å². The standard InChI is InChI=1S/C46H76O18/c1-41(2,57)13-8-14-45(7,58)30-22-9-10-28-43(5)15-12-29(64-39-36(55)32(51)25(49)19-60-39)42(3,4)27(43)11-16-44(28,6)46(22,17-23(30)47)21-62-40-37(56)34(53)33(52)26(63-40)20-61-38-35(54)31(50)24(48)18-59-38/h8,13,22,24-40,48-58H,9-12,14-21H2,1-7H3/b13-8+/t22-,24+,25-,26+,27-,28+,29+,30-,31+,32+,33-,34-,35-,36+,37-,38+,39+,40-,43+,44-,45+,46+/m1/s1. The number of carbonyl (C=O) groups is 1. The Morgan fingerprint density at radius 1 is 0.703 bits per heavy atom. The second-order valence-corrected chi connectivity index (χ2v) is 22.3. The van der Waals surface area contributed by atoms with Crippen molar-refractivity contribution in [3.05, 3.63) is 12.2 Å². The summed E-state index contributed by atoms with van der Waals surface area (Å²) in [5.74, 6) is -1.15. The lowest BCUT2D eigenvalue weighted by molar-refractivity contribution is -0.333. The van der Waals surface area contributed by atoms with E-state index in [4.69, 9.17) is 28.4 Å². The minimum Gasteiger partial charge on any atom is -0.389 e. The van der Waals surface area contributed by atoms with Crippen LogP contribution in [0.2, 0.25) is 0 Å². The minimum absolute atomic E-state index is 0.0421. The fraction of sp³-hybridized carbons (Fsp3) is 0.935. The van der Waals surface area contributed by atoms with Gasteiger partial charge in [-0.3, -0.25) is 4.79 Å². The summed E-state index contributed by atoms with van der Waals surface area (Å²) in [6, 6.07) is 0. The molecule has 0 aromatic carbocycles. The Morgan fingerprint density at radius 2 is 1.31 bits per heavy atom. The average Bonchev–Trinajstić information content (AvgIpc) is 3.52. The van der Waals surface area contributed by atoms with Gasteiger partial charge in [-0.1, -0.05) is 39.8 Å². The number of carbonyl (C=O) groups excluding carboxylic acids is 1. The molecule has 18 heteroatoms. The van der Waals surface area contributed by atoms with E-state index in [0.717, 1.165) is 19.3 Å². The van der Waals surface area contributed by atoms with E-state index in [0.29, 0.717) is 19.3 Å². The van der Waals surface area contributed by atoms with Crippen LogP contribution in [-0.4, -0.2) is 186 Å². The molecule has 7 fully saturated rings. The van der Waals surface area contributed by atoms with Crippen molar-refractivity contribution in [2.24, 2.45) is 45.3 Å². The van der Waals surface area contributed by atoms with Gasteiger partial charge < -0.3 is 84.6 Å². The number of ether oxygens (including phenoxy) is 6. The maximum Gasteiger partial charge on any atom is 0.186 e. The lowest BCUT2D eigenvalue weighted by atomic mass is 9.35. The maximum absolute atomic E-state index is 14.7. The van der Waals surface area contributed by atoms with E-state index in [1.165, 1.54) is 0 Å². The summed E-state index contributed by atoms with van der Waals surface area (Å²) in [6.45, 7) is 12.7. The van der Waals surface area contributed by atoms with Crippen LogP contribution in [0.1, 0.15) is 99.8 Å². The van der Waals surface area contributed by atoms with Gasteiger partial charge in [0.1, 0.15) is 66.8 Å². The molecule has 368 valence electrons. The summed E-state index contributed by atoms with van der Waals surface area (Å²) in [6.07, 6.45) is -11.8. The van der Waals surface area contributed by atoms with Crippen LogP contribution in [0, 0.1) is 45.3 Å². The minimum atomic E-state index is -1.75. The molecule has 3 aliphatic heterocycles. The molecular weight excluding hydrogens is 840 g/mol. The molecule has 11 N–H and O–H groups in total. The van der Waals surface area contributed by atoms with Gasteiger partial charge in [0, 0.05) is 17.8 Å². The summed E-state index contributed by atoms with van der Waals surface area (Å²) >= 11 is 0. The van der Waals surface area contributed by atoms with Crippen molar-refractivity contribution in [1.29, 1.82) is 0 Å². The van der Waals surface area contributed by atoms with Gasteiger partial charge in [-0.25, -0.2) is 0 Å².